The first-order valence-corrected chi connectivity index (χ1v) is 7.15. The maximum absolute atomic E-state index is 11.9. The highest BCUT2D eigenvalue weighted by Crippen LogP contribution is 2.20. The van der Waals surface area contributed by atoms with Gasteiger partial charge in [-0.05, 0) is 36.8 Å². The standard InChI is InChI=1S/C14H13BrN4O3/c1-9-6-10(15)2-4-12(9)18-14(20)8-17-13-5-3-11(7-16-13)19(21)22/h2-7H,8H2,1H3,(H,16,17)(H,18,20). The lowest BCUT2D eigenvalue weighted by atomic mass is 10.2. The fraction of sp³-hybridized carbons (Fsp3) is 0.143. The van der Waals surface area contributed by atoms with E-state index in [0.717, 1.165) is 21.9 Å². The molecule has 1 heterocycles. The highest BCUT2D eigenvalue weighted by molar-refractivity contribution is 9.10. The number of nitrogens with zero attached hydrogens (tertiary/aromatic N) is 2. The zero-order valence-corrected chi connectivity index (χ0v) is 13.3. The van der Waals surface area contributed by atoms with Gasteiger partial charge in [-0.2, -0.15) is 0 Å². The smallest absolute Gasteiger partial charge is 0.287 e. The Labute approximate surface area is 135 Å². The van der Waals surface area contributed by atoms with Gasteiger partial charge in [0.1, 0.15) is 12.0 Å². The van der Waals surface area contributed by atoms with Gasteiger partial charge < -0.3 is 10.6 Å². The number of halogens is 1. The van der Waals surface area contributed by atoms with Crippen LogP contribution in [0.15, 0.2) is 41.0 Å². The Bertz CT molecular complexity index is 704. The van der Waals surface area contributed by atoms with Crippen LogP contribution in [0.4, 0.5) is 17.2 Å². The molecule has 0 spiro atoms. The molecule has 7 nitrogen and oxygen atoms in total. The van der Waals surface area contributed by atoms with Gasteiger partial charge in [-0.25, -0.2) is 4.98 Å². The van der Waals surface area contributed by atoms with Crippen molar-refractivity contribution in [3.63, 3.8) is 0 Å². The van der Waals surface area contributed by atoms with E-state index < -0.39 is 4.92 Å². The number of hydrogen-bond donors (Lipinski definition) is 2. The van der Waals surface area contributed by atoms with Crippen molar-refractivity contribution in [2.75, 3.05) is 17.2 Å². The minimum absolute atomic E-state index is 0.0142. The number of nitro groups is 1. The quantitative estimate of drug-likeness (QED) is 0.627. The van der Waals surface area contributed by atoms with Crippen molar-refractivity contribution < 1.29 is 9.72 Å². The molecule has 114 valence electrons. The largest absolute Gasteiger partial charge is 0.361 e. The predicted molar refractivity (Wildman–Crippen MR) is 86.9 cm³/mol. The van der Waals surface area contributed by atoms with Crippen LogP contribution in [0.3, 0.4) is 0 Å². The third-order valence-electron chi connectivity index (χ3n) is 2.85. The van der Waals surface area contributed by atoms with Gasteiger partial charge in [0.2, 0.25) is 5.91 Å². The molecule has 0 fully saturated rings. The first-order valence-electron chi connectivity index (χ1n) is 6.36. The van der Waals surface area contributed by atoms with Gasteiger partial charge in [0.05, 0.1) is 11.5 Å². The van der Waals surface area contributed by atoms with E-state index in [9.17, 15) is 14.9 Å². The summed E-state index contributed by atoms with van der Waals surface area (Å²) < 4.78 is 0.941. The summed E-state index contributed by atoms with van der Waals surface area (Å²) in [4.78, 5) is 25.7. The van der Waals surface area contributed by atoms with Gasteiger partial charge >= 0.3 is 0 Å². The molecule has 1 aromatic heterocycles. The minimum atomic E-state index is -0.528. The van der Waals surface area contributed by atoms with Crippen LogP contribution in [-0.2, 0) is 4.79 Å². The summed E-state index contributed by atoms with van der Waals surface area (Å²) in [5.41, 5.74) is 1.57. The Morgan fingerprint density at radius 1 is 1.36 bits per heavy atom. The van der Waals surface area contributed by atoms with Crippen LogP contribution in [0.25, 0.3) is 0 Å². The van der Waals surface area contributed by atoms with Crippen LogP contribution in [0.1, 0.15) is 5.56 Å². The summed E-state index contributed by atoms with van der Waals surface area (Å²) in [5.74, 6) is 0.166. The number of benzene rings is 1. The van der Waals surface area contributed by atoms with Crippen molar-refractivity contribution in [3.8, 4) is 0 Å². The number of nitrogens with one attached hydrogen (secondary N) is 2. The fourth-order valence-corrected chi connectivity index (χ4v) is 2.21. The Morgan fingerprint density at radius 3 is 2.73 bits per heavy atom. The molecule has 0 bridgehead atoms. The van der Waals surface area contributed by atoms with E-state index in [1.807, 2.05) is 19.1 Å². The summed E-state index contributed by atoms with van der Waals surface area (Å²) in [6.45, 7) is 1.91. The molecule has 1 amide bonds. The van der Waals surface area contributed by atoms with E-state index in [-0.39, 0.29) is 18.1 Å². The lowest BCUT2D eigenvalue weighted by Gasteiger charge is -2.09. The van der Waals surface area contributed by atoms with Crippen molar-refractivity contribution in [1.82, 2.24) is 4.98 Å². The zero-order valence-electron chi connectivity index (χ0n) is 11.7. The summed E-state index contributed by atoms with van der Waals surface area (Å²) >= 11 is 3.36. The Balaban J connectivity index is 1.91. The number of hydrogen-bond acceptors (Lipinski definition) is 5. The van der Waals surface area contributed by atoms with E-state index in [2.05, 4.69) is 31.5 Å². The molecule has 0 saturated heterocycles. The second kappa shape index (κ2) is 6.99. The van der Waals surface area contributed by atoms with Crippen LogP contribution < -0.4 is 10.6 Å². The van der Waals surface area contributed by atoms with Crippen LogP contribution in [0.5, 0.6) is 0 Å². The van der Waals surface area contributed by atoms with Gasteiger partial charge in [-0.15, -0.1) is 0 Å². The first-order chi connectivity index (χ1) is 10.5. The maximum atomic E-state index is 11.9. The molecule has 0 atom stereocenters. The average Bonchev–Trinajstić information content (AvgIpc) is 2.48. The number of pyridine rings is 1. The van der Waals surface area contributed by atoms with E-state index in [0.29, 0.717) is 5.82 Å². The molecular formula is C14H13BrN4O3. The molecule has 0 saturated carbocycles. The third kappa shape index (κ3) is 4.26. The van der Waals surface area contributed by atoms with E-state index in [1.54, 1.807) is 6.07 Å². The monoisotopic (exact) mass is 364 g/mol. The van der Waals surface area contributed by atoms with Gasteiger partial charge in [-0.3, -0.25) is 14.9 Å². The number of carbonyl (C=O) groups is 1. The van der Waals surface area contributed by atoms with Crippen molar-refractivity contribution in [2.45, 2.75) is 6.92 Å². The molecule has 22 heavy (non-hydrogen) atoms. The zero-order chi connectivity index (χ0) is 16.1. The summed E-state index contributed by atoms with van der Waals surface area (Å²) in [7, 11) is 0. The molecule has 0 aliphatic carbocycles. The highest BCUT2D eigenvalue weighted by Gasteiger charge is 2.07. The molecule has 2 rings (SSSR count). The van der Waals surface area contributed by atoms with Gasteiger partial charge in [0.15, 0.2) is 0 Å². The number of aromatic nitrogens is 1. The number of aryl methyl sites for hydroxylation is 1. The van der Waals surface area contributed by atoms with Gasteiger partial charge in [0.25, 0.3) is 5.69 Å². The van der Waals surface area contributed by atoms with Gasteiger partial charge in [0, 0.05) is 16.2 Å². The van der Waals surface area contributed by atoms with Crippen LogP contribution in [-0.4, -0.2) is 22.4 Å². The summed E-state index contributed by atoms with van der Waals surface area (Å²) in [5, 5.41) is 16.1. The molecule has 1 aromatic carbocycles. The summed E-state index contributed by atoms with van der Waals surface area (Å²) in [6, 6.07) is 8.33. The lowest BCUT2D eigenvalue weighted by molar-refractivity contribution is -0.385. The molecule has 0 radical (unpaired) electrons. The first kappa shape index (κ1) is 15.9. The average molecular weight is 365 g/mol. The Hall–Kier alpha value is -2.48. The number of rotatable bonds is 5. The third-order valence-corrected chi connectivity index (χ3v) is 3.34. The van der Waals surface area contributed by atoms with Crippen LogP contribution in [0.2, 0.25) is 0 Å². The van der Waals surface area contributed by atoms with E-state index in [4.69, 9.17) is 0 Å². The topological polar surface area (TPSA) is 97.2 Å². The van der Waals surface area contributed by atoms with Crippen molar-refractivity contribution >= 4 is 39.0 Å². The molecule has 0 aliphatic rings. The SMILES string of the molecule is Cc1cc(Br)ccc1NC(=O)CNc1ccc([N+](=O)[O-])cn1. The highest BCUT2D eigenvalue weighted by atomic mass is 79.9. The molecule has 0 unspecified atom stereocenters. The van der Waals surface area contributed by atoms with Crippen LogP contribution >= 0.6 is 15.9 Å². The van der Waals surface area contributed by atoms with E-state index in [1.165, 1.54) is 12.1 Å². The maximum Gasteiger partial charge on any atom is 0.287 e. The molecule has 2 aromatic rings. The number of carbonyl (C=O) groups excluding carboxylic acids is 1. The van der Waals surface area contributed by atoms with Crippen LogP contribution in [0, 0.1) is 17.0 Å². The Kier molecular flexibility index (Phi) is 5.05. The second-order valence-corrected chi connectivity index (χ2v) is 5.44. The molecule has 2 N–H and O–H groups in total. The number of anilines is 2. The second-order valence-electron chi connectivity index (χ2n) is 4.52. The minimum Gasteiger partial charge on any atom is -0.361 e. The Morgan fingerprint density at radius 2 is 2.14 bits per heavy atom. The predicted octanol–water partition coefficient (Wildman–Crippen LogP) is 3.11. The molecular weight excluding hydrogens is 352 g/mol. The summed E-state index contributed by atoms with van der Waals surface area (Å²) in [6.07, 6.45) is 1.14. The van der Waals surface area contributed by atoms with E-state index >= 15 is 0 Å². The van der Waals surface area contributed by atoms with Crippen molar-refractivity contribution in [2.24, 2.45) is 0 Å². The van der Waals surface area contributed by atoms with Crippen molar-refractivity contribution in [3.05, 3.63) is 56.7 Å². The fourth-order valence-electron chi connectivity index (χ4n) is 1.73. The molecule has 8 heteroatoms. The van der Waals surface area contributed by atoms with Gasteiger partial charge in [-0.1, -0.05) is 15.9 Å². The molecule has 0 aliphatic heterocycles. The normalized spacial score (nSPS) is 10.1. The number of amides is 1. The van der Waals surface area contributed by atoms with Crippen molar-refractivity contribution in [1.29, 1.82) is 0 Å². The lowest BCUT2D eigenvalue weighted by Crippen LogP contribution is -2.22.